The molecule has 132 valence electrons. The van der Waals surface area contributed by atoms with E-state index in [4.69, 9.17) is 0 Å². The molecule has 2 aliphatic heterocycles. The Kier molecular flexibility index (Phi) is 6.07. The van der Waals surface area contributed by atoms with Crippen molar-refractivity contribution in [3.63, 3.8) is 0 Å². The fourth-order valence-corrected chi connectivity index (χ4v) is 7.10. The number of nitrogens with one attached hydrogen (secondary N) is 2. The second kappa shape index (κ2) is 7.90. The summed E-state index contributed by atoms with van der Waals surface area (Å²) in [5.41, 5.74) is 2.12. The number of fused-ring (bicyclic) bond motifs is 1. The van der Waals surface area contributed by atoms with Crippen LogP contribution in [0.4, 0.5) is 5.69 Å². The van der Waals surface area contributed by atoms with Gasteiger partial charge in [0.2, 0.25) is 5.91 Å². The lowest BCUT2D eigenvalue weighted by Gasteiger charge is -2.37. The standard InChI is InChI=1S/C18H24N2OS2.ClH/c21-17(18-7-2-1-5-14(18)11-19-12-18)20-15-6-3-4-13(10-15)16-22-8-9-23-16;/h3-4,6,10,14,16,19H,1-2,5,7-9,11-12H2,(H,20,21);1H/t14-,18+;/m0./s1. The van der Waals surface area contributed by atoms with E-state index >= 15 is 0 Å². The molecule has 1 amide bonds. The summed E-state index contributed by atoms with van der Waals surface area (Å²) in [6.07, 6.45) is 4.67. The first-order chi connectivity index (χ1) is 11.3. The number of thioether (sulfide) groups is 2. The zero-order chi connectivity index (χ0) is 15.7. The summed E-state index contributed by atoms with van der Waals surface area (Å²) in [5.74, 6) is 3.20. The number of carbonyl (C=O) groups is 1. The van der Waals surface area contributed by atoms with Crippen LogP contribution in [0.3, 0.4) is 0 Å². The van der Waals surface area contributed by atoms with Crippen LogP contribution >= 0.6 is 35.9 Å². The van der Waals surface area contributed by atoms with Crippen LogP contribution in [0.1, 0.15) is 35.8 Å². The summed E-state index contributed by atoms with van der Waals surface area (Å²) in [6, 6.07) is 8.46. The van der Waals surface area contributed by atoms with Crippen molar-refractivity contribution >= 4 is 47.5 Å². The van der Waals surface area contributed by atoms with E-state index in [9.17, 15) is 4.79 Å². The van der Waals surface area contributed by atoms with E-state index in [1.54, 1.807) is 0 Å². The van der Waals surface area contributed by atoms with E-state index < -0.39 is 0 Å². The highest BCUT2D eigenvalue weighted by Crippen LogP contribution is 2.46. The van der Waals surface area contributed by atoms with Gasteiger partial charge in [-0.15, -0.1) is 35.9 Å². The Balaban J connectivity index is 0.00000169. The quantitative estimate of drug-likeness (QED) is 0.814. The predicted octanol–water partition coefficient (Wildman–Crippen LogP) is 4.31. The number of hydrogen-bond donors (Lipinski definition) is 2. The van der Waals surface area contributed by atoms with Gasteiger partial charge in [0.05, 0.1) is 10.00 Å². The molecule has 0 radical (unpaired) electrons. The van der Waals surface area contributed by atoms with Crippen LogP contribution in [0, 0.1) is 11.3 Å². The molecule has 3 fully saturated rings. The Morgan fingerprint density at radius 2 is 2.08 bits per heavy atom. The van der Waals surface area contributed by atoms with Crippen molar-refractivity contribution < 1.29 is 4.79 Å². The number of anilines is 1. The first-order valence-electron chi connectivity index (χ1n) is 8.63. The van der Waals surface area contributed by atoms with Crippen molar-refractivity contribution in [1.29, 1.82) is 0 Å². The van der Waals surface area contributed by atoms with E-state index in [0.29, 0.717) is 10.5 Å². The van der Waals surface area contributed by atoms with E-state index in [1.165, 1.54) is 36.3 Å². The van der Waals surface area contributed by atoms with Crippen LogP contribution in [0.15, 0.2) is 24.3 Å². The Labute approximate surface area is 158 Å². The average molecular weight is 385 g/mol. The normalized spacial score (nSPS) is 29.8. The number of benzene rings is 1. The summed E-state index contributed by atoms with van der Waals surface area (Å²) in [6.45, 7) is 1.85. The molecule has 1 saturated carbocycles. The van der Waals surface area contributed by atoms with Gasteiger partial charge in [-0.2, -0.15) is 0 Å². The lowest BCUT2D eigenvalue weighted by molar-refractivity contribution is -0.128. The van der Waals surface area contributed by atoms with Gasteiger partial charge in [0.15, 0.2) is 0 Å². The third-order valence-corrected chi connectivity index (χ3v) is 8.63. The summed E-state index contributed by atoms with van der Waals surface area (Å²) in [4.78, 5) is 13.0. The predicted molar refractivity (Wildman–Crippen MR) is 107 cm³/mol. The molecule has 0 unspecified atom stereocenters. The van der Waals surface area contributed by atoms with Crippen molar-refractivity contribution in [2.75, 3.05) is 29.9 Å². The molecule has 1 aliphatic carbocycles. The molecule has 1 aromatic rings. The summed E-state index contributed by atoms with van der Waals surface area (Å²) >= 11 is 4.01. The van der Waals surface area contributed by atoms with Crippen LogP contribution in [-0.4, -0.2) is 30.5 Å². The Bertz CT molecular complexity index is 594. The molecule has 6 heteroatoms. The zero-order valence-electron chi connectivity index (χ0n) is 13.8. The third-order valence-electron chi connectivity index (χ3n) is 5.53. The van der Waals surface area contributed by atoms with E-state index in [-0.39, 0.29) is 23.7 Å². The topological polar surface area (TPSA) is 41.1 Å². The van der Waals surface area contributed by atoms with Crippen LogP contribution in [0.25, 0.3) is 0 Å². The molecule has 3 aliphatic rings. The Morgan fingerprint density at radius 3 is 2.92 bits per heavy atom. The molecule has 1 aromatic carbocycles. The summed E-state index contributed by atoms with van der Waals surface area (Å²) in [5, 5.41) is 6.70. The van der Waals surface area contributed by atoms with Crippen molar-refractivity contribution in [2.45, 2.75) is 30.3 Å². The molecule has 0 aromatic heterocycles. The largest absolute Gasteiger partial charge is 0.326 e. The molecule has 2 saturated heterocycles. The molecule has 2 N–H and O–H groups in total. The van der Waals surface area contributed by atoms with Gasteiger partial charge < -0.3 is 10.6 Å². The van der Waals surface area contributed by atoms with Crippen molar-refractivity contribution in [2.24, 2.45) is 11.3 Å². The van der Waals surface area contributed by atoms with Crippen molar-refractivity contribution in [3.8, 4) is 0 Å². The van der Waals surface area contributed by atoms with Crippen LogP contribution in [0.2, 0.25) is 0 Å². The van der Waals surface area contributed by atoms with Gasteiger partial charge in [-0.05, 0) is 43.0 Å². The number of rotatable bonds is 3. The lowest BCUT2D eigenvalue weighted by Crippen LogP contribution is -2.44. The molecular weight excluding hydrogens is 360 g/mol. The fraction of sp³-hybridized carbons (Fsp3) is 0.611. The van der Waals surface area contributed by atoms with E-state index in [2.05, 4.69) is 28.8 Å². The Morgan fingerprint density at radius 1 is 1.25 bits per heavy atom. The Hall–Kier alpha value is -0.360. The van der Waals surface area contributed by atoms with Gasteiger partial charge in [0.25, 0.3) is 0 Å². The lowest BCUT2D eigenvalue weighted by atomic mass is 9.67. The van der Waals surface area contributed by atoms with Crippen LogP contribution < -0.4 is 10.6 Å². The smallest absolute Gasteiger partial charge is 0.232 e. The van der Waals surface area contributed by atoms with Crippen molar-refractivity contribution in [1.82, 2.24) is 5.32 Å². The second-order valence-electron chi connectivity index (χ2n) is 6.88. The highest BCUT2D eigenvalue weighted by molar-refractivity contribution is 8.19. The van der Waals surface area contributed by atoms with Crippen LogP contribution in [-0.2, 0) is 4.79 Å². The fourth-order valence-electron chi connectivity index (χ4n) is 4.26. The van der Waals surface area contributed by atoms with E-state index in [1.807, 2.05) is 29.6 Å². The highest BCUT2D eigenvalue weighted by atomic mass is 35.5. The maximum absolute atomic E-state index is 13.0. The zero-order valence-corrected chi connectivity index (χ0v) is 16.2. The van der Waals surface area contributed by atoms with Gasteiger partial charge in [-0.1, -0.05) is 25.0 Å². The van der Waals surface area contributed by atoms with Gasteiger partial charge in [-0.25, -0.2) is 0 Å². The number of carbonyl (C=O) groups excluding carboxylic acids is 1. The maximum atomic E-state index is 13.0. The number of hydrogen-bond acceptors (Lipinski definition) is 4. The molecule has 4 rings (SSSR count). The minimum Gasteiger partial charge on any atom is -0.326 e. The highest BCUT2D eigenvalue weighted by Gasteiger charge is 2.49. The van der Waals surface area contributed by atoms with Gasteiger partial charge in [0.1, 0.15) is 0 Å². The second-order valence-corrected chi connectivity index (χ2v) is 9.61. The maximum Gasteiger partial charge on any atom is 0.232 e. The van der Waals surface area contributed by atoms with Gasteiger partial charge >= 0.3 is 0 Å². The number of halogens is 1. The van der Waals surface area contributed by atoms with Gasteiger partial charge in [0, 0.05) is 23.7 Å². The summed E-state index contributed by atoms with van der Waals surface area (Å²) < 4.78 is 0.528. The summed E-state index contributed by atoms with van der Waals surface area (Å²) in [7, 11) is 0. The third kappa shape index (κ3) is 3.46. The van der Waals surface area contributed by atoms with E-state index in [0.717, 1.165) is 25.2 Å². The number of amides is 1. The van der Waals surface area contributed by atoms with Crippen molar-refractivity contribution in [3.05, 3.63) is 29.8 Å². The van der Waals surface area contributed by atoms with Gasteiger partial charge in [-0.3, -0.25) is 4.79 Å². The molecule has 24 heavy (non-hydrogen) atoms. The molecule has 2 atom stereocenters. The minimum absolute atomic E-state index is 0. The monoisotopic (exact) mass is 384 g/mol. The molecule has 2 heterocycles. The SMILES string of the molecule is Cl.O=C(Nc1cccc(C2SCCS2)c1)[C@@]12CCCC[C@H]1CNC2. The first-order valence-corrected chi connectivity index (χ1v) is 10.7. The van der Waals surface area contributed by atoms with Crippen LogP contribution in [0.5, 0.6) is 0 Å². The first kappa shape index (κ1) is 18.4. The minimum atomic E-state index is -0.175. The molecular formula is C18H25ClN2OS2. The molecule has 0 spiro atoms. The molecule has 3 nitrogen and oxygen atoms in total. The molecule has 0 bridgehead atoms. The average Bonchev–Trinajstić information content (AvgIpc) is 3.25.